The lowest BCUT2D eigenvalue weighted by Crippen LogP contribution is -2.55. The number of unbranched alkanes of at least 4 members (excludes halogenated alkanes) is 8. The van der Waals surface area contributed by atoms with Crippen molar-refractivity contribution in [3.8, 4) is 5.75 Å². The zero-order valence-corrected chi connectivity index (χ0v) is 29.6. The molecular formula is C37H59NO10. The fourth-order valence-corrected chi connectivity index (χ4v) is 5.44. The average molecular weight is 678 g/mol. The molecule has 0 bridgehead atoms. The number of methoxy groups -OCH3 is 2. The van der Waals surface area contributed by atoms with E-state index < -0.39 is 47.8 Å². The quantitative estimate of drug-likeness (QED) is 0.0475. The predicted octanol–water partition coefficient (Wildman–Crippen LogP) is 6.24. The second-order valence-electron chi connectivity index (χ2n) is 12.5. The average Bonchev–Trinajstić information content (AvgIpc) is 3.05. The molecule has 48 heavy (non-hydrogen) atoms. The van der Waals surface area contributed by atoms with Crippen LogP contribution in [0.4, 0.5) is 0 Å². The molecule has 1 aromatic rings. The predicted molar refractivity (Wildman–Crippen MR) is 184 cm³/mol. The number of carboxylic acid groups (broad SMARTS) is 2. The van der Waals surface area contributed by atoms with Crippen LogP contribution in [0.5, 0.6) is 5.75 Å². The molecule has 11 heteroatoms. The van der Waals surface area contributed by atoms with Gasteiger partial charge in [-0.2, -0.15) is 0 Å². The number of carbonyl (C=O) groups excluding carboxylic acids is 2. The number of carboxylic acids is 2. The van der Waals surface area contributed by atoms with Crippen LogP contribution < -0.4 is 10.1 Å². The van der Waals surface area contributed by atoms with Crippen LogP contribution in [0.25, 0.3) is 0 Å². The molecule has 272 valence electrons. The SMILES string of the molecule is CCCCCCCC(CCCCCCC=C[C@H](C(=O)N[C@@H](Cc1ccc(OC(C)CC)cc1)C(=O)OC)[C@@](O)(CC(=O)O)C(=O)O)OC. The summed E-state index contributed by atoms with van der Waals surface area (Å²) >= 11 is 0. The Balaban J connectivity index is 2.90. The summed E-state index contributed by atoms with van der Waals surface area (Å²) in [5, 5.41) is 32.7. The van der Waals surface area contributed by atoms with Gasteiger partial charge in [-0.15, -0.1) is 0 Å². The minimum absolute atomic E-state index is 0.00563. The van der Waals surface area contributed by atoms with Crippen molar-refractivity contribution in [3.05, 3.63) is 42.0 Å². The summed E-state index contributed by atoms with van der Waals surface area (Å²) in [5.41, 5.74) is -2.29. The number of benzene rings is 1. The molecule has 4 N–H and O–H groups in total. The van der Waals surface area contributed by atoms with Crippen LogP contribution in [0.15, 0.2) is 36.4 Å². The van der Waals surface area contributed by atoms with E-state index in [0.717, 1.165) is 52.1 Å². The van der Waals surface area contributed by atoms with Gasteiger partial charge in [0.2, 0.25) is 5.91 Å². The van der Waals surface area contributed by atoms with Crippen LogP contribution >= 0.6 is 0 Å². The van der Waals surface area contributed by atoms with Crippen molar-refractivity contribution in [3.63, 3.8) is 0 Å². The molecule has 0 spiro atoms. The van der Waals surface area contributed by atoms with E-state index in [-0.39, 0.29) is 18.6 Å². The number of hydrogen-bond acceptors (Lipinski definition) is 8. The van der Waals surface area contributed by atoms with Gasteiger partial charge in [0.1, 0.15) is 11.8 Å². The van der Waals surface area contributed by atoms with E-state index >= 15 is 0 Å². The smallest absolute Gasteiger partial charge is 0.337 e. The van der Waals surface area contributed by atoms with E-state index in [9.17, 15) is 34.5 Å². The van der Waals surface area contributed by atoms with Gasteiger partial charge in [0, 0.05) is 13.5 Å². The van der Waals surface area contributed by atoms with Crippen molar-refractivity contribution in [2.75, 3.05) is 14.2 Å². The van der Waals surface area contributed by atoms with Crippen LogP contribution in [0.3, 0.4) is 0 Å². The number of aliphatic carboxylic acids is 2. The number of ether oxygens (including phenoxy) is 3. The third kappa shape index (κ3) is 16.1. The van der Waals surface area contributed by atoms with Gasteiger partial charge in [-0.3, -0.25) is 9.59 Å². The molecule has 0 aliphatic heterocycles. The maximum absolute atomic E-state index is 13.5. The second-order valence-corrected chi connectivity index (χ2v) is 12.5. The third-order valence-electron chi connectivity index (χ3n) is 8.60. The summed E-state index contributed by atoms with van der Waals surface area (Å²) in [4.78, 5) is 49.9. The van der Waals surface area contributed by atoms with Gasteiger partial charge in [-0.25, -0.2) is 9.59 Å². The number of rotatable bonds is 27. The number of esters is 1. The van der Waals surface area contributed by atoms with Crippen molar-refractivity contribution in [2.24, 2.45) is 5.92 Å². The molecule has 0 aliphatic carbocycles. The highest BCUT2D eigenvalue weighted by molar-refractivity contribution is 5.94. The molecule has 5 atom stereocenters. The van der Waals surface area contributed by atoms with Crippen molar-refractivity contribution in [1.29, 1.82) is 0 Å². The van der Waals surface area contributed by atoms with Crippen molar-refractivity contribution < 1.29 is 48.7 Å². The standard InChI is InChI=1S/C37H59NO10/c1-6-8-9-12-15-18-29(46-4)19-16-13-10-11-14-17-20-31(37(45,36(43)44)26-33(39)40)34(41)38-32(35(42)47-5)25-28-21-23-30(24-22-28)48-27(3)7-2/h17,20-24,27,29,31-32,45H,6-16,18-19,25-26H2,1-5H3,(H,38,41)(H,39,40)(H,43,44)/t27?,29?,31-,32+,37+/m1/s1. The summed E-state index contributed by atoms with van der Waals surface area (Å²) in [7, 11) is 2.91. The van der Waals surface area contributed by atoms with Crippen molar-refractivity contribution in [1.82, 2.24) is 5.32 Å². The number of aliphatic hydroxyl groups is 1. The van der Waals surface area contributed by atoms with Crippen molar-refractivity contribution in [2.45, 2.75) is 141 Å². The summed E-state index contributed by atoms with van der Waals surface area (Å²) < 4.78 is 16.3. The molecule has 1 rings (SSSR count). The second kappa shape index (κ2) is 23.8. The molecule has 1 aromatic carbocycles. The maximum atomic E-state index is 13.5. The molecular weight excluding hydrogens is 618 g/mol. The first-order valence-corrected chi connectivity index (χ1v) is 17.4. The molecule has 11 nitrogen and oxygen atoms in total. The Morgan fingerprint density at radius 2 is 1.50 bits per heavy atom. The molecule has 0 saturated carbocycles. The summed E-state index contributed by atoms with van der Waals surface area (Å²) in [6.07, 6.45) is 15.0. The Labute approximate surface area is 286 Å². The Hall–Kier alpha value is -3.44. The molecule has 0 radical (unpaired) electrons. The van der Waals surface area contributed by atoms with Gasteiger partial charge in [0.15, 0.2) is 5.60 Å². The monoisotopic (exact) mass is 677 g/mol. The highest BCUT2D eigenvalue weighted by atomic mass is 16.5. The summed E-state index contributed by atoms with van der Waals surface area (Å²) in [6, 6.07) is 5.73. The number of allylic oxidation sites excluding steroid dienone is 1. The van der Waals surface area contributed by atoms with Gasteiger partial charge in [0.05, 0.1) is 31.7 Å². The van der Waals surface area contributed by atoms with E-state index in [1.807, 2.05) is 13.8 Å². The highest BCUT2D eigenvalue weighted by Crippen LogP contribution is 2.26. The zero-order chi connectivity index (χ0) is 36.0. The van der Waals surface area contributed by atoms with E-state index in [4.69, 9.17) is 14.2 Å². The van der Waals surface area contributed by atoms with E-state index in [0.29, 0.717) is 17.7 Å². The van der Waals surface area contributed by atoms with E-state index in [1.165, 1.54) is 38.2 Å². The van der Waals surface area contributed by atoms with Gasteiger partial charge in [0.25, 0.3) is 0 Å². The van der Waals surface area contributed by atoms with Gasteiger partial charge < -0.3 is 34.8 Å². The van der Waals surface area contributed by atoms with E-state index in [2.05, 4.69) is 12.2 Å². The molecule has 0 aliphatic rings. The minimum atomic E-state index is -2.95. The summed E-state index contributed by atoms with van der Waals surface area (Å²) in [6.45, 7) is 6.15. The lowest BCUT2D eigenvalue weighted by atomic mass is 9.82. The van der Waals surface area contributed by atoms with Gasteiger partial charge >= 0.3 is 17.9 Å². The van der Waals surface area contributed by atoms with Gasteiger partial charge in [-0.1, -0.05) is 89.5 Å². The minimum Gasteiger partial charge on any atom is -0.491 e. The first kappa shape index (κ1) is 42.6. The molecule has 0 saturated heterocycles. The van der Waals surface area contributed by atoms with Crippen molar-refractivity contribution >= 4 is 23.8 Å². The molecule has 1 amide bonds. The first-order valence-electron chi connectivity index (χ1n) is 17.4. The number of amides is 1. The number of nitrogens with one attached hydrogen (secondary N) is 1. The Bertz CT molecular complexity index is 1120. The molecule has 0 aromatic heterocycles. The van der Waals surface area contributed by atoms with Crippen LogP contribution in [0.1, 0.15) is 116 Å². The highest BCUT2D eigenvalue weighted by Gasteiger charge is 2.49. The fourth-order valence-electron chi connectivity index (χ4n) is 5.44. The van der Waals surface area contributed by atoms with Crippen LogP contribution in [0, 0.1) is 5.92 Å². The van der Waals surface area contributed by atoms with Crippen LogP contribution in [-0.2, 0) is 35.1 Å². The Morgan fingerprint density at radius 3 is 2.02 bits per heavy atom. The lowest BCUT2D eigenvalue weighted by molar-refractivity contribution is -0.172. The number of hydrogen-bond donors (Lipinski definition) is 4. The molecule has 0 heterocycles. The topological polar surface area (TPSA) is 169 Å². The lowest BCUT2D eigenvalue weighted by Gasteiger charge is -2.29. The summed E-state index contributed by atoms with van der Waals surface area (Å²) in [5.74, 6) is -6.39. The van der Waals surface area contributed by atoms with Crippen LogP contribution in [0.2, 0.25) is 0 Å². The fraction of sp³-hybridized carbons (Fsp3) is 0.676. The number of carbonyl (C=O) groups is 4. The molecule has 2 unspecified atom stereocenters. The Kier molecular flexibility index (Phi) is 21.1. The first-order chi connectivity index (χ1) is 22.9. The van der Waals surface area contributed by atoms with Crippen LogP contribution in [-0.4, -0.2) is 77.2 Å². The Morgan fingerprint density at radius 1 is 0.896 bits per heavy atom. The maximum Gasteiger partial charge on any atom is 0.337 e. The van der Waals surface area contributed by atoms with Gasteiger partial charge in [-0.05, 0) is 56.7 Å². The molecule has 0 fully saturated rings. The van der Waals surface area contributed by atoms with E-state index in [1.54, 1.807) is 37.5 Å². The zero-order valence-electron chi connectivity index (χ0n) is 29.6. The normalized spacial score (nSPS) is 15.2. The largest absolute Gasteiger partial charge is 0.491 e. The third-order valence-corrected chi connectivity index (χ3v) is 8.60.